The smallest absolute Gasteiger partial charge is 0.223 e. The van der Waals surface area contributed by atoms with E-state index in [1.54, 1.807) is 12.1 Å². The summed E-state index contributed by atoms with van der Waals surface area (Å²) in [5.74, 6) is -0.283. The highest BCUT2D eigenvalue weighted by Crippen LogP contribution is 2.23. The van der Waals surface area contributed by atoms with E-state index in [1.807, 2.05) is 0 Å². The van der Waals surface area contributed by atoms with E-state index in [0.29, 0.717) is 11.0 Å². The van der Waals surface area contributed by atoms with Gasteiger partial charge in [-0.2, -0.15) is 0 Å². The molecule has 104 valence electrons. The molecule has 0 radical (unpaired) electrons. The summed E-state index contributed by atoms with van der Waals surface area (Å²) >= 11 is 3.10. The van der Waals surface area contributed by atoms with E-state index in [0.717, 1.165) is 31.2 Å². The molecule has 0 spiro atoms. The van der Waals surface area contributed by atoms with Crippen LogP contribution in [0.4, 0.5) is 4.39 Å². The molecule has 1 amide bonds. The van der Waals surface area contributed by atoms with E-state index < -0.39 is 0 Å². The summed E-state index contributed by atoms with van der Waals surface area (Å²) in [6, 6.07) is 5.00. The summed E-state index contributed by atoms with van der Waals surface area (Å²) in [6.45, 7) is 0.356. The maximum Gasteiger partial charge on any atom is 0.223 e. The summed E-state index contributed by atoms with van der Waals surface area (Å²) in [5, 5.41) is 2.86. The maximum absolute atomic E-state index is 13.3. The second kappa shape index (κ2) is 6.48. The van der Waals surface area contributed by atoms with Crippen molar-refractivity contribution in [3.8, 4) is 0 Å². The van der Waals surface area contributed by atoms with Crippen molar-refractivity contribution in [1.82, 2.24) is 5.32 Å². The first kappa shape index (κ1) is 14.5. The lowest BCUT2D eigenvalue weighted by molar-refractivity contribution is -0.126. The van der Waals surface area contributed by atoms with Crippen LogP contribution in [-0.4, -0.2) is 11.9 Å². The molecule has 3 N–H and O–H groups in total. The molecule has 1 aromatic carbocycles. The van der Waals surface area contributed by atoms with Crippen molar-refractivity contribution in [3.63, 3.8) is 0 Å². The number of carbonyl (C=O) groups is 1. The molecule has 0 aliphatic heterocycles. The molecule has 1 fully saturated rings. The first-order chi connectivity index (χ1) is 9.06. The average Bonchev–Trinajstić information content (AvgIpc) is 2.40. The molecular formula is C14H18BrFN2O. The van der Waals surface area contributed by atoms with Crippen LogP contribution in [0.15, 0.2) is 22.7 Å². The maximum atomic E-state index is 13.3. The third kappa shape index (κ3) is 4.01. The van der Waals surface area contributed by atoms with Gasteiger partial charge in [0.25, 0.3) is 0 Å². The molecule has 2 unspecified atom stereocenters. The molecule has 2 rings (SSSR count). The van der Waals surface area contributed by atoms with Gasteiger partial charge in [-0.1, -0.05) is 12.5 Å². The Morgan fingerprint density at radius 1 is 1.47 bits per heavy atom. The topological polar surface area (TPSA) is 55.1 Å². The standard InChI is InChI=1S/C14H18BrFN2O/c15-12-5-4-9(6-13(12)16)8-18-14(19)10-2-1-3-11(17)7-10/h4-6,10-11H,1-3,7-8,17H2,(H,18,19). The number of nitrogens with one attached hydrogen (secondary N) is 1. The molecule has 1 aliphatic rings. The number of hydrogen-bond acceptors (Lipinski definition) is 2. The zero-order valence-electron chi connectivity index (χ0n) is 10.7. The first-order valence-corrected chi connectivity index (χ1v) is 7.33. The van der Waals surface area contributed by atoms with Gasteiger partial charge in [0, 0.05) is 18.5 Å². The minimum atomic E-state index is -0.313. The van der Waals surface area contributed by atoms with Crippen LogP contribution in [0.25, 0.3) is 0 Å². The predicted molar refractivity (Wildman–Crippen MR) is 75.9 cm³/mol. The summed E-state index contributed by atoms with van der Waals surface area (Å²) in [5.41, 5.74) is 6.63. The van der Waals surface area contributed by atoms with Gasteiger partial charge in [-0.3, -0.25) is 4.79 Å². The van der Waals surface area contributed by atoms with E-state index in [4.69, 9.17) is 5.73 Å². The molecule has 2 atom stereocenters. The number of halogens is 2. The molecule has 0 aromatic heterocycles. The van der Waals surface area contributed by atoms with Gasteiger partial charge in [0.2, 0.25) is 5.91 Å². The Morgan fingerprint density at radius 2 is 2.26 bits per heavy atom. The molecule has 19 heavy (non-hydrogen) atoms. The fourth-order valence-corrected chi connectivity index (χ4v) is 2.70. The van der Waals surface area contributed by atoms with E-state index in [1.165, 1.54) is 6.07 Å². The van der Waals surface area contributed by atoms with E-state index >= 15 is 0 Å². The lowest BCUT2D eigenvalue weighted by Gasteiger charge is -2.25. The van der Waals surface area contributed by atoms with Gasteiger partial charge >= 0.3 is 0 Å². The number of nitrogens with two attached hydrogens (primary N) is 1. The van der Waals surface area contributed by atoms with Crippen LogP contribution >= 0.6 is 15.9 Å². The van der Waals surface area contributed by atoms with Crippen molar-refractivity contribution in [2.24, 2.45) is 11.7 Å². The third-order valence-corrected chi connectivity index (χ3v) is 4.18. The molecule has 0 bridgehead atoms. The van der Waals surface area contributed by atoms with Crippen LogP contribution < -0.4 is 11.1 Å². The van der Waals surface area contributed by atoms with Crippen LogP contribution in [0.5, 0.6) is 0 Å². The first-order valence-electron chi connectivity index (χ1n) is 6.53. The molecule has 0 heterocycles. The molecule has 0 saturated heterocycles. The Kier molecular flexibility index (Phi) is 4.93. The normalized spacial score (nSPS) is 23.1. The minimum Gasteiger partial charge on any atom is -0.352 e. The molecule has 1 saturated carbocycles. The highest BCUT2D eigenvalue weighted by molar-refractivity contribution is 9.10. The van der Waals surface area contributed by atoms with Gasteiger partial charge < -0.3 is 11.1 Å². The van der Waals surface area contributed by atoms with E-state index in [-0.39, 0.29) is 23.7 Å². The fourth-order valence-electron chi connectivity index (χ4n) is 2.45. The van der Waals surface area contributed by atoms with Crippen molar-refractivity contribution in [2.75, 3.05) is 0 Å². The highest BCUT2D eigenvalue weighted by Gasteiger charge is 2.24. The van der Waals surface area contributed by atoms with Gasteiger partial charge in [-0.15, -0.1) is 0 Å². The molecule has 1 aromatic rings. The van der Waals surface area contributed by atoms with Gasteiger partial charge in [0.15, 0.2) is 0 Å². The number of hydrogen-bond donors (Lipinski definition) is 2. The average molecular weight is 329 g/mol. The Labute approximate surface area is 120 Å². The lowest BCUT2D eigenvalue weighted by atomic mass is 9.85. The number of rotatable bonds is 3. The van der Waals surface area contributed by atoms with Crippen LogP contribution in [0, 0.1) is 11.7 Å². The van der Waals surface area contributed by atoms with Crippen LogP contribution in [-0.2, 0) is 11.3 Å². The van der Waals surface area contributed by atoms with Crippen LogP contribution in [0.2, 0.25) is 0 Å². The lowest BCUT2D eigenvalue weighted by Crippen LogP contribution is -2.37. The van der Waals surface area contributed by atoms with Crippen molar-refractivity contribution in [2.45, 2.75) is 38.3 Å². The predicted octanol–water partition coefficient (Wildman–Crippen LogP) is 2.72. The Balaban J connectivity index is 1.87. The molecular weight excluding hydrogens is 311 g/mol. The van der Waals surface area contributed by atoms with Gasteiger partial charge in [-0.25, -0.2) is 4.39 Å². The van der Waals surface area contributed by atoms with E-state index in [9.17, 15) is 9.18 Å². The third-order valence-electron chi connectivity index (χ3n) is 3.54. The largest absolute Gasteiger partial charge is 0.352 e. The number of benzene rings is 1. The molecule has 1 aliphatic carbocycles. The Bertz CT molecular complexity index is 467. The quantitative estimate of drug-likeness (QED) is 0.896. The zero-order valence-corrected chi connectivity index (χ0v) is 12.2. The summed E-state index contributed by atoms with van der Waals surface area (Å²) in [6.07, 6.45) is 3.66. The van der Waals surface area contributed by atoms with Crippen molar-refractivity contribution < 1.29 is 9.18 Å². The number of carbonyl (C=O) groups excluding carboxylic acids is 1. The fraction of sp³-hybridized carbons (Fsp3) is 0.500. The van der Waals surface area contributed by atoms with E-state index in [2.05, 4.69) is 21.2 Å². The van der Waals surface area contributed by atoms with Gasteiger partial charge in [0.05, 0.1) is 4.47 Å². The number of amides is 1. The zero-order chi connectivity index (χ0) is 13.8. The van der Waals surface area contributed by atoms with Crippen LogP contribution in [0.1, 0.15) is 31.2 Å². The SMILES string of the molecule is NC1CCCC(C(=O)NCc2ccc(Br)c(F)c2)C1. The second-order valence-corrected chi connectivity index (χ2v) is 5.94. The minimum absolute atomic E-state index is 0.00375. The second-order valence-electron chi connectivity index (χ2n) is 5.09. The molecule has 5 heteroatoms. The van der Waals surface area contributed by atoms with Crippen molar-refractivity contribution >= 4 is 21.8 Å². The van der Waals surface area contributed by atoms with Gasteiger partial charge in [0.1, 0.15) is 5.82 Å². The summed E-state index contributed by atoms with van der Waals surface area (Å²) in [4.78, 5) is 12.0. The highest BCUT2D eigenvalue weighted by atomic mass is 79.9. The Morgan fingerprint density at radius 3 is 2.95 bits per heavy atom. The summed E-state index contributed by atoms with van der Waals surface area (Å²) in [7, 11) is 0. The van der Waals surface area contributed by atoms with Crippen LogP contribution in [0.3, 0.4) is 0 Å². The summed E-state index contributed by atoms with van der Waals surface area (Å²) < 4.78 is 13.8. The Hall–Kier alpha value is -0.940. The monoisotopic (exact) mass is 328 g/mol. The molecule has 3 nitrogen and oxygen atoms in total. The van der Waals surface area contributed by atoms with Gasteiger partial charge in [-0.05, 0) is 52.9 Å². The van der Waals surface area contributed by atoms with Crippen molar-refractivity contribution in [1.29, 1.82) is 0 Å². The van der Waals surface area contributed by atoms with Crippen molar-refractivity contribution in [3.05, 3.63) is 34.1 Å².